The first kappa shape index (κ1) is 12.8. The van der Waals surface area contributed by atoms with E-state index in [1.807, 2.05) is 0 Å². The molecule has 0 aliphatic rings. The Morgan fingerprint density at radius 3 is 2.67 bits per heavy atom. The second-order valence-corrected chi connectivity index (χ2v) is 4.22. The maximum Gasteiger partial charge on any atom is 0.133 e. The van der Waals surface area contributed by atoms with Crippen molar-refractivity contribution in [3.8, 4) is 0 Å². The van der Waals surface area contributed by atoms with Crippen molar-refractivity contribution in [1.29, 1.82) is 0 Å². The Bertz CT molecular complexity index is 523. The van der Waals surface area contributed by atoms with Gasteiger partial charge in [-0.3, -0.25) is 0 Å². The molecule has 2 rings (SSSR count). The summed E-state index contributed by atoms with van der Waals surface area (Å²) in [4.78, 5) is 0. The molecular weight excluding hydrogens is 236 g/mol. The van der Waals surface area contributed by atoms with Crippen LogP contribution in [0.4, 0.5) is 8.78 Å². The molecule has 0 fully saturated rings. The van der Waals surface area contributed by atoms with Crippen molar-refractivity contribution < 1.29 is 13.2 Å². The van der Waals surface area contributed by atoms with E-state index in [1.165, 1.54) is 12.1 Å². The van der Waals surface area contributed by atoms with E-state index in [0.717, 1.165) is 0 Å². The second kappa shape index (κ2) is 5.31. The molecule has 1 aromatic carbocycles. The van der Waals surface area contributed by atoms with Crippen LogP contribution < -0.4 is 5.32 Å². The van der Waals surface area contributed by atoms with Gasteiger partial charge in [0, 0.05) is 18.0 Å². The summed E-state index contributed by atoms with van der Waals surface area (Å²) in [7, 11) is 1.68. The Kier molecular flexibility index (Phi) is 3.77. The zero-order valence-electron chi connectivity index (χ0n) is 10.3. The molecule has 18 heavy (non-hydrogen) atoms. The van der Waals surface area contributed by atoms with Crippen LogP contribution in [0, 0.1) is 18.6 Å². The third-order valence-corrected chi connectivity index (χ3v) is 3.00. The Morgan fingerprint density at radius 1 is 1.28 bits per heavy atom. The summed E-state index contributed by atoms with van der Waals surface area (Å²) in [6.45, 7) is 1.62. The summed E-state index contributed by atoms with van der Waals surface area (Å²) in [5.74, 6) is -0.348. The predicted octanol–water partition coefficient (Wildman–Crippen LogP) is 3.37. The van der Waals surface area contributed by atoms with Gasteiger partial charge >= 0.3 is 0 Å². The van der Waals surface area contributed by atoms with E-state index in [2.05, 4.69) is 5.32 Å². The highest BCUT2D eigenvalue weighted by molar-refractivity contribution is 5.30. The summed E-state index contributed by atoms with van der Waals surface area (Å²) in [6, 6.07) is 5.82. The molecule has 0 radical (unpaired) electrons. The average molecular weight is 251 g/mol. The molecule has 0 amide bonds. The van der Waals surface area contributed by atoms with E-state index >= 15 is 0 Å². The first-order chi connectivity index (χ1) is 8.63. The van der Waals surface area contributed by atoms with Crippen LogP contribution in [0.25, 0.3) is 0 Å². The van der Waals surface area contributed by atoms with E-state index in [0.29, 0.717) is 17.7 Å². The van der Waals surface area contributed by atoms with Crippen LogP contribution >= 0.6 is 0 Å². The highest BCUT2D eigenvalue weighted by Gasteiger charge is 2.21. The van der Waals surface area contributed by atoms with E-state index in [-0.39, 0.29) is 5.56 Å². The number of furan rings is 1. The molecule has 0 saturated heterocycles. The van der Waals surface area contributed by atoms with Crippen LogP contribution in [0.1, 0.15) is 22.9 Å². The van der Waals surface area contributed by atoms with E-state index in [4.69, 9.17) is 4.42 Å². The smallest absolute Gasteiger partial charge is 0.133 e. The maximum absolute atomic E-state index is 14.0. The fourth-order valence-electron chi connectivity index (χ4n) is 1.98. The number of halogens is 2. The van der Waals surface area contributed by atoms with E-state index in [1.54, 1.807) is 32.4 Å². The first-order valence-corrected chi connectivity index (χ1v) is 5.77. The standard InChI is InChI=1S/C14H15F2NO/c1-9-5-6-11(15)13(14(9)16)12(17-2)8-10-4-3-7-18-10/h3-7,12,17H,8H2,1-2H3. The summed E-state index contributed by atoms with van der Waals surface area (Å²) in [6.07, 6.45) is 1.95. The molecule has 0 aliphatic carbocycles. The molecule has 1 unspecified atom stereocenters. The summed E-state index contributed by atoms with van der Waals surface area (Å²) >= 11 is 0. The van der Waals surface area contributed by atoms with Crippen molar-refractivity contribution in [2.24, 2.45) is 0 Å². The van der Waals surface area contributed by atoms with E-state index in [9.17, 15) is 8.78 Å². The Balaban J connectivity index is 2.35. The number of benzene rings is 1. The molecule has 0 aliphatic heterocycles. The molecule has 1 heterocycles. The predicted molar refractivity (Wildman–Crippen MR) is 65.3 cm³/mol. The van der Waals surface area contributed by atoms with Crippen LogP contribution in [-0.2, 0) is 6.42 Å². The lowest BCUT2D eigenvalue weighted by atomic mass is 9.99. The normalized spacial score (nSPS) is 12.7. The number of rotatable bonds is 4. The number of hydrogen-bond acceptors (Lipinski definition) is 2. The van der Waals surface area contributed by atoms with Crippen molar-refractivity contribution in [2.75, 3.05) is 7.05 Å². The van der Waals surface area contributed by atoms with Crippen molar-refractivity contribution in [3.63, 3.8) is 0 Å². The van der Waals surface area contributed by atoms with Crippen LogP contribution in [0.3, 0.4) is 0 Å². The van der Waals surface area contributed by atoms with Crippen LogP contribution in [0.15, 0.2) is 34.9 Å². The van der Waals surface area contributed by atoms with Gasteiger partial charge in [0.05, 0.1) is 6.26 Å². The zero-order chi connectivity index (χ0) is 13.1. The topological polar surface area (TPSA) is 25.2 Å². The van der Waals surface area contributed by atoms with Crippen molar-refractivity contribution in [1.82, 2.24) is 5.32 Å². The largest absolute Gasteiger partial charge is 0.469 e. The van der Waals surface area contributed by atoms with Gasteiger partial charge in [0.15, 0.2) is 0 Å². The molecular formula is C14H15F2NO. The summed E-state index contributed by atoms with van der Waals surface area (Å²) in [5.41, 5.74) is 0.500. The van der Waals surface area contributed by atoms with E-state index < -0.39 is 17.7 Å². The lowest BCUT2D eigenvalue weighted by Crippen LogP contribution is -2.21. The third kappa shape index (κ3) is 2.43. The van der Waals surface area contributed by atoms with Crippen molar-refractivity contribution >= 4 is 0 Å². The monoisotopic (exact) mass is 251 g/mol. The highest BCUT2D eigenvalue weighted by atomic mass is 19.1. The first-order valence-electron chi connectivity index (χ1n) is 5.77. The number of nitrogens with one attached hydrogen (secondary N) is 1. The maximum atomic E-state index is 14.0. The third-order valence-electron chi connectivity index (χ3n) is 3.00. The van der Waals surface area contributed by atoms with Gasteiger partial charge < -0.3 is 9.73 Å². The second-order valence-electron chi connectivity index (χ2n) is 4.22. The Morgan fingerprint density at radius 2 is 2.06 bits per heavy atom. The lowest BCUT2D eigenvalue weighted by molar-refractivity contribution is 0.439. The SMILES string of the molecule is CNC(Cc1ccco1)c1c(F)ccc(C)c1F. The molecule has 4 heteroatoms. The van der Waals surface area contributed by atoms with Gasteiger partial charge in [-0.05, 0) is 37.7 Å². The van der Waals surface area contributed by atoms with Crippen LogP contribution in [0.5, 0.6) is 0 Å². The van der Waals surface area contributed by atoms with Gasteiger partial charge in [0.25, 0.3) is 0 Å². The fourth-order valence-corrected chi connectivity index (χ4v) is 1.98. The molecule has 0 bridgehead atoms. The highest BCUT2D eigenvalue weighted by Crippen LogP contribution is 2.26. The van der Waals surface area contributed by atoms with Gasteiger partial charge in [-0.1, -0.05) is 6.07 Å². The Labute approximate surface area is 105 Å². The fraction of sp³-hybridized carbons (Fsp3) is 0.286. The molecule has 2 nitrogen and oxygen atoms in total. The van der Waals surface area contributed by atoms with Crippen LogP contribution in [0.2, 0.25) is 0 Å². The molecule has 0 spiro atoms. The van der Waals surface area contributed by atoms with Gasteiger partial charge in [-0.2, -0.15) is 0 Å². The van der Waals surface area contributed by atoms with Gasteiger partial charge in [0.1, 0.15) is 17.4 Å². The summed E-state index contributed by atoms with van der Waals surface area (Å²) in [5, 5.41) is 2.93. The molecule has 96 valence electrons. The Hall–Kier alpha value is -1.68. The average Bonchev–Trinajstić information content (AvgIpc) is 2.86. The van der Waals surface area contributed by atoms with Crippen LogP contribution in [-0.4, -0.2) is 7.05 Å². The molecule has 1 N–H and O–H groups in total. The molecule has 1 aromatic heterocycles. The van der Waals surface area contributed by atoms with Gasteiger partial charge in [-0.25, -0.2) is 8.78 Å². The summed E-state index contributed by atoms with van der Waals surface area (Å²) < 4.78 is 33.0. The molecule has 2 aromatic rings. The number of hydrogen-bond donors (Lipinski definition) is 1. The lowest BCUT2D eigenvalue weighted by Gasteiger charge is -2.18. The molecule has 1 atom stereocenters. The molecule has 0 saturated carbocycles. The van der Waals surface area contributed by atoms with Crippen molar-refractivity contribution in [2.45, 2.75) is 19.4 Å². The number of aryl methyl sites for hydroxylation is 1. The quantitative estimate of drug-likeness (QED) is 0.901. The van der Waals surface area contributed by atoms with Gasteiger partial charge in [-0.15, -0.1) is 0 Å². The van der Waals surface area contributed by atoms with Crippen molar-refractivity contribution in [3.05, 3.63) is 59.1 Å². The minimum atomic E-state index is -0.538. The minimum absolute atomic E-state index is 0.0638. The number of likely N-dealkylation sites (N-methyl/N-ethyl adjacent to an activating group) is 1. The zero-order valence-corrected chi connectivity index (χ0v) is 10.3. The minimum Gasteiger partial charge on any atom is -0.469 e. The van der Waals surface area contributed by atoms with Gasteiger partial charge in [0.2, 0.25) is 0 Å².